The molecule has 29 heavy (non-hydrogen) atoms. The first-order valence-corrected chi connectivity index (χ1v) is 10.9. The number of alkyl carbamates (subject to hydrolysis) is 1. The topological polar surface area (TPSA) is 47.6 Å². The van der Waals surface area contributed by atoms with Gasteiger partial charge in [0.15, 0.2) is 0 Å². The van der Waals surface area contributed by atoms with E-state index in [2.05, 4.69) is 29.6 Å². The second-order valence-electron chi connectivity index (χ2n) is 7.44. The van der Waals surface area contributed by atoms with Gasteiger partial charge >= 0.3 is 6.09 Å². The van der Waals surface area contributed by atoms with Gasteiger partial charge in [0.05, 0.1) is 17.9 Å². The Bertz CT molecular complexity index is 962. The van der Waals surface area contributed by atoms with Gasteiger partial charge in [0.1, 0.15) is 11.4 Å². The number of amides is 1. The molecule has 0 spiro atoms. The summed E-state index contributed by atoms with van der Waals surface area (Å²) < 4.78 is 11.9. The zero-order valence-corrected chi connectivity index (χ0v) is 18.7. The molecule has 4 nitrogen and oxygen atoms in total. The highest BCUT2D eigenvalue weighted by molar-refractivity contribution is 8.01. The molecule has 3 rings (SSSR count). The third-order valence-corrected chi connectivity index (χ3v) is 6.07. The van der Waals surface area contributed by atoms with Crippen LogP contribution in [0.5, 0.6) is 5.75 Å². The second kappa shape index (κ2) is 9.37. The van der Waals surface area contributed by atoms with Crippen molar-refractivity contribution in [1.82, 2.24) is 5.32 Å². The molecule has 0 fully saturated rings. The molecule has 6 heteroatoms. The van der Waals surface area contributed by atoms with Crippen molar-refractivity contribution in [2.45, 2.75) is 42.0 Å². The fraction of sp³-hybridized carbons (Fsp3) is 0.261. The number of rotatable bonds is 6. The molecular weight excluding hydrogens is 402 g/mol. The van der Waals surface area contributed by atoms with E-state index in [1.807, 2.05) is 57.2 Å². The Kier molecular flexibility index (Phi) is 6.87. The fourth-order valence-corrected chi connectivity index (χ4v) is 4.82. The maximum Gasteiger partial charge on any atom is 0.407 e. The maximum atomic E-state index is 11.8. The Morgan fingerprint density at radius 1 is 1.03 bits per heavy atom. The third kappa shape index (κ3) is 6.54. The molecule has 0 saturated heterocycles. The summed E-state index contributed by atoms with van der Waals surface area (Å²) in [6.07, 6.45) is -0.402. The van der Waals surface area contributed by atoms with Gasteiger partial charge in [0.2, 0.25) is 0 Å². The average Bonchev–Trinajstić information content (AvgIpc) is 3.13. The van der Waals surface area contributed by atoms with Crippen LogP contribution in [0.2, 0.25) is 0 Å². The van der Waals surface area contributed by atoms with Gasteiger partial charge in [-0.15, -0.1) is 11.3 Å². The number of thiophene rings is 1. The summed E-state index contributed by atoms with van der Waals surface area (Å²) in [4.78, 5) is 14.0. The van der Waals surface area contributed by atoms with Gasteiger partial charge < -0.3 is 14.8 Å². The fourth-order valence-electron chi connectivity index (χ4n) is 2.64. The lowest BCUT2D eigenvalue weighted by atomic mass is 10.1. The number of hydrogen-bond acceptors (Lipinski definition) is 5. The summed E-state index contributed by atoms with van der Waals surface area (Å²) in [5, 5.41) is 2.80. The van der Waals surface area contributed by atoms with Gasteiger partial charge in [-0.2, -0.15) is 0 Å². The van der Waals surface area contributed by atoms with E-state index in [9.17, 15) is 4.79 Å². The van der Waals surface area contributed by atoms with Crippen LogP contribution in [0.4, 0.5) is 4.79 Å². The summed E-state index contributed by atoms with van der Waals surface area (Å²) in [5.74, 6) is 0.831. The molecule has 1 N–H and O–H groups in total. The minimum atomic E-state index is -0.497. The van der Waals surface area contributed by atoms with E-state index in [1.165, 1.54) is 0 Å². The predicted molar refractivity (Wildman–Crippen MR) is 120 cm³/mol. The first-order chi connectivity index (χ1) is 13.8. The normalized spacial score (nSPS) is 11.2. The molecule has 0 aliphatic rings. The van der Waals surface area contributed by atoms with Crippen LogP contribution in [0.1, 0.15) is 25.6 Å². The Morgan fingerprint density at radius 3 is 2.48 bits per heavy atom. The lowest BCUT2D eigenvalue weighted by molar-refractivity contribution is 0.0524. The van der Waals surface area contributed by atoms with Crippen molar-refractivity contribution >= 4 is 29.2 Å². The van der Waals surface area contributed by atoms with Crippen molar-refractivity contribution in [2.75, 3.05) is 7.11 Å². The van der Waals surface area contributed by atoms with E-state index in [0.717, 1.165) is 30.9 Å². The Hall–Kier alpha value is -2.44. The third-order valence-electron chi connectivity index (χ3n) is 3.88. The Morgan fingerprint density at radius 2 is 1.79 bits per heavy atom. The number of hydrogen-bond donors (Lipinski definition) is 1. The van der Waals surface area contributed by atoms with Gasteiger partial charge in [0, 0.05) is 9.77 Å². The van der Waals surface area contributed by atoms with Crippen molar-refractivity contribution in [3.8, 4) is 16.9 Å². The van der Waals surface area contributed by atoms with Crippen molar-refractivity contribution in [3.63, 3.8) is 0 Å². The lowest BCUT2D eigenvalue weighted by Gasteiger charge is -2.19. The highest BCUT2D eigenvalue weighted by atomic mass is 32.2. The maximum absolute atomic E-state index is 11.8. The average molecular weight is 428 g/mol. The van der Waals surface area contributed by atoms with Crippen molar-refractivity contribution in [1.29, 1.82) is 0 Å². The zero-order chi connectivity index (χ0) is 20.9. The number of nitrogens with one attached hydrogen (secondary N) is 1. The van der Waals surface area contributed by atoms with Gasteiger partial charge in [0.25, 0.3) is 0 Å². The molecular formula is C23H25NO3S2. The molecule has 0 saturated carbocycles. The highest BCUT2D eigenvalue weighted by Gasteiger charge is 2.16. The zero-order valence-electron chi connectivity index (χ0n) is 17.0. The quantitative estimate of drug-likeness (QED) is 0.481. The van der Waals surface area contributed by atoms with E-state index in [-0.39, 0.29) is 0 Å². The molecule has 1 amide bonds. The summed E-state index contributed by atoms with van der Waals surface area (Å²) in [6, 6.07) is 20.6. The van der Waals surface area contributed by atoms with Crippen LogP contribution < -0.4 is 10.1 Å². The van der Waals surface area contributed by atoms with Crippen LogP contribution in [-0.4, -0.2) is 18.8 Å². The minimum absolute atomic E-state index is 0.402. The lowest BCUT2D eigenvalue weighted by Crippen LogP contribution is -2.31. The molecule has 1 heterocycles. The summed E-state index contributed by atoms with van der Waals surface area (Å²) in [5.41, 5.74) is 1.78. The Labute approximate surface area is 180 Å². The molecule has 0 aliphatic carbocycles. The molecule has 0 radical (unpaired) electrons. The van der Waals surface area contributed by atoms with Crippen LogP contribution in [-0.2, 0) is 11.3 Å². The molecule has 0 atom stereocenters. The van der Waals surface area contributed by atoms with Crippen LogP contribution in [0.3, 0.4) is 0 Å². The number of carbonyl (C=O) groups excluding carboxylic acids is 1. The molecule has 0 unspecified atom stereocenters. The summed E-state index contributed by atoms with van der Waals surface area (Å²) in [7, 11) is 1.68. The van der Waals surface area contributed by atoms with Gasteiger partial charge in [-0.1, -0.05) is 42.1 Å². The van der Waals surface area contributed by atoms with E-state index < -0.39 is 11.7 Å². The summed E-state index contributed by atoms with van der Waals surface area (Å²) in [6.45, 7) is 6.01. The minimum Gasteiger partial charge on any atom is -0.497 e. The number of methoxy groups -OCH3 is 1. The monoisotopic (exact) mass is 427 g/mol. The Balaban J connectivity index is 1.68. The van der Waals surface area contributed by atoms with E-state index in [1.54, 1.807) is 30.2 Å². The highest BCUT2D eigenvalue weighted by Crippen LogP contribution is 2.37. The molecule has 3 aromatic rings. The van der Waals surface area contributed by atoms with Crippen molar-refractivity contribution in [2.24, 2.45) is 0 Å². The van der Waals surface area contributed by atoms with E-state index in [0.29, 0.717) is 6.54 Å². The van der Waals surface area contributed by atoms with Crippen LogP contribution in [0.15, 0.2) is 69.8 Å². The summed E-state index contributed by atoms with van der Waals surface area (Å²) >= 11 is 3.34. The standard InChI is InChI=1S/C23H25NO3S2/c1-23(2,3)27-22(25)24-15-19-10-11-21(28-19)29-20-13-17(12-18(14-20)26-4)16-8-6-5-7-9-16/h5-14H,15H2,1-4H3,(H,24,25). The van der Waals surface area contributed by atoms with Crippen molar-refractivity contribution < 1.29 is 14.3 Å². The van der Waals surface area contributed by atoms with E-state index >= 15 is 0 Å². The molecule has 1 aromatic heterocycles. The van der Waals surface area contributed by atoms with Crippen LogP contribution in [0, 0.1) is 0 Å². The largest absolute Gasteiger partial charge is 0.497 e. The first-order valence-electron chi connectivity index (χ1n) is 9.30. The van der Waals surface area contributed by atoms with Gasteiger partial charge in [-0.3, -0.25) is 0 Å². The van der Waals surface area contributed by atoms with Gasteiger partial charge in [-0.05, 0) is 62.2 Å². The smallest absolute Gasteiger partial charge is 0.407 e. The molecule has 2 aromatic carbocycles. The van der Waals surface area contributed by atoms with E-state index in [4.69, 9.17) is 9.47 Å². The number of ether oxygens (including phenoxy) is 2. The van der Waals surface area contributed by atoms with Crippen LogP contribution >= 0.6 is 23.1 Å². The molecule has 0 aliphatic heterocycles. The molecule has 0 bridgehead atoms. The number of benzene rings is 2. The SMILES string of the molecule is COc1cc(Sc2ccc(CNC(=O)OC(C)(C)C)s2)cc(-c2ccccc2)c1. The predicted octanol–water partition coefficient (Wildman–Crippen LogP) is 6.60. The van der Waals surface area contributed by atoms with Crippen LogP contribution in [0.25, 0.3) is 11.1 Å². The van der Waals surface area contributed by atoms with Gasteiger partial charge in [-0.25, -0.2) is 4.79 Å². The second-order valence-corrected chi connectivity index (χ2v) is 9.98. The number of carbonyl (C=O) groups is 1. The molecule has 152 valence electrons. The first kappa shape index (κ1) is 21.3. The van der Waals surface area contributed by atoms with Crippen molar-refractivity contribution in [3.05, 3.63) is 65.5 Å².